The number of esters is 1. The van der Waals surface area contributed by atoms with Crippen molar-refractivity contribution >= 4 is 11.9 Å². The largest absolute Gasteiger partial charge is 0.469 e. The quantitative estimate of drug-likeness (QED) is 0.803. The van der Waals surface area contributed by atoms with E-state index in [1.807, 2.05) is 44.2 Å². The van der Waals surface area contributed by atoms with Crippen molar-refractivity contribution in [2.24, 2.45) is 5.92 Å². The van der Waals surface area contributed by atoms with Crippen LogP contribution in [0.25, 0.3) is 0 Å². The standard InChI is InChI=1S/C17H23NO3/c1-17(2,14-9-5-4-6-10-14)16(20)18-11-7-8-13(12-18)15(19)21-3/h4-6,9-10,13H,7-8,11-12H2,1-3H3/t13-/m0/s1. The molecule has 1 aromatic carbocycles. The minimum absolute atomic E-state index is 0.0716. The zero-order valence-corrected chi connectivity index (χ0v) is 13.0. The van der Waals surface area contributed by atoms with Crippen LogP contribution in [0.5, 0.6) is 0 Å². The van der Waals surface area contributed by atoms with Crippen molar-refractivity contribution in [3.8, 4) is 0 Å². The molecule has 1 amide bonds. The van der Waals surface area contributed by atoms with Crippen LogP contribution in [0.3, 0.4) is 0 Å². The highest BCUT2D eigenvalue weighted by Crippen LogP contribution is 2.28. The van der Waals surface area contributed by atoms with E-state index in [9.17, 15) is 9.59 Å². The fraction of sp³-hybridized carbons (Fsp3) is 0.529. The number of likely N-dealkylation sites (tertiary alicyclic amines) is 1. The van der Waals surface area contributed by atoms with Gasteiger partial charge in [-0.1, -0.05) is 30.3 Å². The van der Waals surface area contributed by atoms with E-state index >= 15 is 0 Å². The molecule has 0 radical (unpaired) electrons. The SMILES string of the molecule is COC(=O)[C@H]1CCCN(C(=O)C(C)(C)c2ccccc2)C1. The third-order valence-electron chi connectivity index (χ3n) is 4.27. The molecular formula is C17H23NO3. The maximum atomic E-state index is 12.9. The molecule has 0 spiro atoms. The predicted octanol–water partition coefficient (Wildman–Crippen LogP) is 2.38. The van der Waals surface area contributed by atoms with Crippen molar-refractivity contribution < 1.29 is 14.3 Å². The Morgan fingerprint density at radius 3 is 2.52 bits per heavy atom. The molecule has 4 nitrogen and oxygen atoms in total. The fourth-order valence-corrected chi connectivity index (χ4v) is 2.89. The molecular weight excluding hydrogens is 266 g/mol. The van der Waals surface area contributed by atoms with Gasteiger partial charge in [0.1, 0.15) is 0 Å². The molecule has 1 atom stereocenters. The van der Waals surface area contributed by atoms with Crippen LogP contribution in [0.1, 0.15) is 32.3 Å². The second kappa shape index (κ2) is 6.29. The van der Waals surface area contributed by atoms with Crippen molar-refractivity contribution in [3.63, 3.8) is 0 Å². The first-order valence-electron chi connectivity index (χ1n) is 7.39. The van der Waals surface area contributed by atoms with E-state index in [1.165, 1.54) is 7.11 Å². The highest BCUT2D eigenvalue weighted by atomic mass is 16.5. The third-order valence-corrected chi connectivity index (χ3v) is 4.27. The summed E-state index contributed by atoms with van der Waals surface area (Å²) in [6.07, 6.45) is 1.64. The number of amides is 1. The Morgan fingerprint density at radius 1 is 1.24 bits per heavy atom. The Balaban J connectivity index is 2.14. The van der Waals surface area contributed by atoms with Gasteiger partial charge in [0.25, 0.3) is 0 Å². The Bertz CT molecular complexity index is 510. The van der Waals surface area contributed by atoms with Gasteiger partial charge in [0, 0.05) is 13.1 Å². The number of methoxy groups -OCH3 is 1. The first-order chi connectivity index (χ1) is 9.96. The van der Waals surface area contributed by atoms with Crippen molar-refractivity contribution in [3.05, 3.63) is 35.9 Å². The van der Waals surface area contributed by atoms with Crippen molar-refractivity contribution in [2.75, 3.05) is 20.2 Å². The molecule has 0 bridgehead atoms. The minimum atomic E-state index is -0.584. The van der Waals surface area contributed by atoms with Gasteiger partial charge < -0.3 is 9.64 Å². The second-order valence-electron chi connectivity index (χ2n) is 6.10. The molecule has 1 saturated heterocycles. The number of nitrogens with zero attached hydrogens (tertiary/aromatic N) is 1. The van der Waals surface area contributed by atoms with Crippen LogP contribution in [0.2, 0.25) is 0 Å². The summed E-state index contributed by atoms with van der Waals surface area (Å²) in [6.45, 7) is 5.04. The van der Waals surface area contributed by atoms with E-state index in [1.54, 1.807) is 4.90 Å². The summed E-state index contributed by atoms with van der Waals surface area (Å²) in [7, 11) is 1.40. The molecule has 1 fully saturated rings. The van der Waals surface area contributed by atoms with Crippen LogP contribution in [0.15, 0.2) is 30.3 Å². The molecule has 0 aromatic heterocycles. The average molecular weight is 289 g/mol. The number of carbonyl (C=O) groups excluding carboxylic acids is 2. The Morgan fingerprint density at radius 2 is 1.90 bits per heavy atom. The minimum Gasteiger partial charge on any atom is -0.469 e. The molecule has 0 unspecified atom stereocenters. The van der Waals surface area contributed by atoms with Crippen molar-refractivity contribution in [1.29, 1.82) is 0 Å². The number of hydrogen-bond acceptors (Lipinski definition) is 3. The van der Waals surface area contributed by atoms with Crippen LogP contribution >= 0.6 is 0 Å². The van der Waals surface area contributed by atoms with Gasteiger partial charge in [-0.3, -0.25) is 9.59 Å². The topological polar surface area (TPSA) is 46.6 Å². The van der Waals surface area contributed by atoms with Crippen LogP contribution in [0.4, 0.5) is 0 Å². The summed E-state index contributed by atoms with van der Waals surface area (Å²) in [4.78, 5) is 26.3. The zero-order valence-electron chi connectivity index (χ0n) is 13.0. The van der Waals surface area contributed by atoms with Gasteiger partial charge >= 0.3 is 5.97 Å². The number of rotatable bonds is 3. The predicted molar refractivity (Wildman–Crippen MR) is 80.8 cm³/mol. The van der Waals surface area contributed by atoms with Gasteiger partial charge in [0.2, 0.25) is 5.91 Å². The molecule has 1 aliphatic heterocycles. The Hall–Kier alpha value is -1.84. The number of carbonyl (C=O) groups is 2. The number of benzene rings is 1. The lowest BCUT2D eigenvalue weighted by atomic mass is 9.82. The van der Waals surface area contributed by atoms with E-state index < -0.39 is 5.41 Å². The van der Waals surface area contributed by atoms with Crippen LogP contribution < -0.4 is 0 Å². The Labute approximate surface area is 126 Å². The number of piperidine rings is 1. The molecule has 0 saturated carbocycles. The molecule has 0 aliphatic carbocycles. The van der Waals surface area contributed by atoms with Gasteiger partial charge in [0.05, 0.1) is 18.4 Å². The summed E-state index contributed by atoms with van der Waals surface area (Å²) in [5, 5.41) is 0. The van der Waals surface area contributed by atoms with Crippen LogP contribution in [-0.4, -0.2) is 37.0 Å². The summed E-state index contributed by atoms with van der Waals surface area (Å²) in [6, 6.07) is 9.77. The average Bonchev–Trinajstić information content (AvgIpc) is 2.54. The van der Waals surface area contributed by atoms with Crippen LogP contribution in [-0.2, 0) is 19.7 Å². The molecule has 1 aliphatic rings. The second-order valence-corrected chi connectivity index (χ2v) is 6.10. The highest BCUT2D eigenvalue weighted by molar-refractivity contribution is 5.88. The number of ether oxygens (including phenoxy) is 1. The maximum absolute atomic E-state index is 12.9. The lowest BCUT2D eigenvalue weighted by Gasteiger charge is -2.37. The monoisotopic (exact) mass is 289 g/mol. The number of hydrogen-bond donors (Lipinski definition) is 0. The molecule has 0 N–H and O–H groups in total. The van der Waals surface area contributed by atoms with E-state index in [-0.39, 0.29) is 17.8 Å². The van der Waals surface area contributed by atoms with Crippen LogP contribution in [0, 0.1) is 5.92 Å². The summed E-state index contributed by atoms with van der Waals surface area (Å²) < 4.78 is 4.81. The molecule has 114 valence electrons. The smallest absolute Gasteiger partial charge is 0.310 e. The summed E-state index contributed by atoms with van der Waals surface area (Å²) in [5.41, 5.74) is 0.411. The molecule has 1 aromatic rings. The summed E-state index contributed by atoms with van der Waals surface area (Å²) in [5.74, 6) is -0.341. The lowest BCUT2D eigenvalue weighted by Crippen LogP contribution is -2.49. The zero-order chi connectivity index (χ0) is 15.5. The van der Waals surface area contributed by atoms with Gasteiger partial charge in [0.15, 0.2) is 0 Å². The fourth-order valence-electron chi connectivity index (χ4n) is 2.89. The van der Waals surface area contributed by atoms with Gasteiger partial charge in [-0.05, 0) is 32.3 Å². The highest BCUT2D eigenvalue weighted by Gasteiger charge is 2.37. The first kappa shape index (κ1) is 15.5. The van der Waals surface area contributed by atoms with E-state index in [0.717, 1.165) is 18.4 Å². The van der Waals surface area contributed by atoms with E-state index in [2.05, 4.69) is 0 Å². The normalized spacial score (nSPS) is 19.2. The van der Waals surface area contributed by atoms with Crippen molar-refractivity contribution in [1.82, 2.24) is 4.90 Å². The van der Waals surface area contributed by atoms with Gasteiger partial charge in [-0.25, -0.2) is 0 Å². The summed E-state index contributed by atoms with van der Waals surface area (Å²) >= 11 is 0. The van der Waals surface area contributed by atoms with E-state index in [0.29, 0.717) is 13.1 Å². The molecule has 21 heavy (non-hydrogen) atoms. The van der Waals surface area contributed by atoms with Gasteiger partial charge in [-0.2, -0.15) is 0 Å². The first-order valence-corrected chi connectivity index (χ1v) is 7.39. The Kier molecular flexibility index (Phi) is 4.66. The lowest BCUT2D eigenvalue weighted by molar-refractivity contribution is -0.150. The van der Waals surface area contributed by atoms with Gasteiger partial charge in [-0.15, -0.1) is 0 Å². The maximum Gasteiger partial charge on any atom is 0.310 e. The van der Waals surface area contributed by atoms with E-state index in [4.69, 9.17) is 4.74 Å². The third kappa shape index (κ3) is 3.26. The van der Waals surface area contributed by atoms with Crippen molar-refractivity contribution in [2.45, 2.75) is 32.1 Å². The molecule has 2 rings (SSSR count). The molecule has 1 heterocycles. The molecule has 4 heteroatoms.